The molecule has 1 atom stereocenters. The van der Waals surface area contributed by atoms with Gasteiger partial charge in [-0.25, -0.2) is 45.8 Å². The number of anilines is 1. The van der Waals surface area contributed by atoms with Crippen molar-refractivity contribution in [2.75, 3.05) is 37.9 Å². The van der Waals surface area contributed by atoms with Gasteiger partial charge in [0.05, 0.1) is 43.8 Å². The minimum Gasteiger partial charge on any atom is -0.493 e. The number of amides is 1. The van der Waals surface area contributed by atoms with Crippen molar-refractivity contribution < 1.29 is 55.2 Å². The van der Waals surface area contributed by atoms with Crippen molar-refractivity contribution in [3.05, 3.63) is 99.2 Å². The average molecular weight is 841 g/mol. The summed E-state index contributed by atoms with van der Waals surface area (Å²) in [6, 6.07) is 12.4. The van der Waals surface area contributed by atoms with E-state index < -0.39 is 53.7 Å². The third kappa shape index (κ3) is 11.4. The van der Waals surface area contributed by atoms with Crippen molar-refractivity contribution in [2.45, 2.75) is 49.9 Å². The summed E-state index contributed by atoms with van der Waals surface area (Å²) < 4.78 is 87.0. The molecule has 0 saturated heterocycles. The summed E-state index contributed by atoms with van der Waals surface area (Å²) in [6.45, 7) is 4.41. The number of sulfonamides is 1. The number of nitrogens with zero attached hydrogens (tertiary/aromatic N) is 6. The first-order valence-corrected chi connectivity index (χ1v) is 20.5. The number of carbonyl (C=O) groups is 1. The van der Waals surface area contributed by atoms with Crippen molar-refractivity contribution >= 4 is 54.5 Å². The lowest BCUT2D eigenvalue weighted by Gasteiger charge is -2.25. The van der Waals surface area contributed by atoms with Crippen LogP contribution in [0.15, 0.2) is 76.1 Å². The largest absolute Gasteiger partial charge is 0.493 e. The molecular formula is C35H39ClF2N6O10S2+2. The maximum absolute atomic E-state index is 14.6. The van der Waals surface area contributed by atoms with Crippen molar-refractivity contribution in [3.63, 3.8) is 0 Å². The fourth-order valence-electron chi connectivity index (χ4n) is 5.19. The first-order valence-electron chi connectivity index (χ1n) is 16.6. The fourth-order valence-corrected chi connectivity index (χ4v) is 8.17. The van der Waals surface area contributed by atoms with Gasteiger partial charge in [0, 0.05) is 42.6 Å². The number of ether oxygens (including phenoxy) is 2. The molecular weight excluding hydrogens is 802 g/mol. The van der Waals surface area contributed by atoms with Crippen LogP contribution in [0.2, 0.25) is 5.28 Å². The van der Waals surface area contributed by atoms with Crippen LogP contribution in [0, 0.1) is 21.4 Å². The van der Waals surface area contributed by atoms with Gasteiger partial charge in [0.1, 0.15) is 22.9 Å². The van der Waals surface area contributed by atoms with E-state index in [4.69, 9.17) is 30.7 Å². The van der Waals surface area contributed by atoms with Crippen LogP contribution < -0.4 is 9.04 Å². The second-order valence-electron chi connectivity index (χ2n) is 13.0. The van der Waals surface area contributed by atoms with Gasteiger partial charge in [0.2, 0.25) is 5.28 Å². The monoisotopic (exact) mass is 840 g/mol. The minimum absolute atomic E-state index is 0.0136. The third-order valence-corrected chi connectivity index (χ3v) is 10.9. The van der Waals surface area contributed by atoms with Crippen LogP contribution >= 0.6 is 11.6 Å². The van der Waals surface area contributed by atoms with Crippen LogP contribution in [0.4, 0.5) is 30.6 Å². The molecule has 0 aliphatic heterocycles. The molecule has 0 saturated carbocycles. The molecule has 0 radical (unpaired) electrons. The number of hydrogen-bond donors (Lipinski definition) is 0. The number of benzene rings is 3. The molecule has 1 amide bonds. The van der Waals surface area contributed by atoms with Crippen molar-refractivity contribution in [1.29, 1.82) is 0 Å². The van der Waals surface area contributed by atoms with Crippen molar-refractivity contribution in [2.24, 2.45) is 4.36 Å². The summed E-state index contributed by atoms with van der Waals surface area (Å²) in [5.74, 6) is -2.01. The first kappa shape index (κ1) is 43.4. The summed E-state index contributed by atoms with van der Waals surface area (Å²) in [4.78, 5) is 54.5. The highest BCUT2D eigenvalue weighted by atomic mass is 35.5. The number of para-hydroxylation sites is 1. The van der Waals surface area contributed by atoms with Crippen LogP contribution in [0.25, 0.3) is 11.3 Å². The second-order valence-corrected chi connectivity index (χ2v) is 17.5. The maximum Gasteiger partial charge on any atom is 0.442 e. The minimum atomic E-state index is -4.66. The first-order chi connectivity index (χ1) is 26.2. The Hall–Kier alpha value is -5.34. The molecule has 0 bridgehead atoms. The van der Waals surface area contributed by atoms with Crippen LogP contribution in [0.5, 0.6) is 5.75 Å². The molecule has 3 aromatic carbocycles. The van der Waals surface area contributed by atoms with Gasteiger partial charge in [-0.2, -0.15) is 0 Å². The Morgan fingerprint density at radius 3 is 2.34 bits per heavy atom. The number of unbranched alkanes of at least 4 members (excludes halogenated alkanes) is 1. The number of aromatic nitrogens is 2. The Kier molecular flexibility index (Phi) is 14.0. The standard InChI is InChI=1S/C35H39ClF2N6O10S2/c1-35(2,3)54-34(45)41-55(6,48)22-23-17-25(20-26(18-23)43(46)51-4)42(56(49,50)31-12-8-7-11-29(31)44(47)52-5)15-9-10-16-53-30-19-24(37)13-14-27(30)32-28(38)21-39-33(36)40-32/h7-8,11-14,17-21H,9-10,15-16,22H2,1-6H3/q+2. The SMILES string of the molecule is CO[N+](=O)c1cc(CS(C)(=O)=NC(=O)OC(C)(C)C)cc(N(CCCCOc2cc(F)ccc2-c2nc(Cl)ncc2F)S(=O)(=O)c2ccccc2[N+](=O)OC)c1. The lowest BCUT2D eigenvalue weighted by molar-refractivity contribution is -0.738. The highest BCUT2D eigenvalue weighted by Gasteiger charge is 2.35. The fraction of sp³-hybridized carbons (Fsp3) is 0.343. The van der Waals surface area contributed by atoms with Crippen molar-refractivity contribution in [1.82, 2.24) is 9.97 Å². The molecule has 4 rings (SSSR count). The van der Waals surface area contributed by atoms with E-state index >= 15 is 0 Å². The zero-order valence-corrected chi connectivity index (χ0v) is 33.5. The Labute approximate surface area is 327 Å². The Morgan fingerprint density at radius 2 is 1.66 bits per heavy atom. The lowest BCUT2D eigenvalue weighted by atomic mass is 10.1. The summed E-state index contributed by atoms with van der Waals surface area (Å²) in [7, 11) is -5.89. The maximum atomic E-state index is 14.6. The predicted molar refractivity (Wildman–Crippen MR) is 202 cm³/mol. The molecule has 16 nitrogen and oxygen atoms in total. The number of halogens is 3. The van der Waals surface area contributed by atoms with Gasteiger partial charge in [-0.15, -0.1) is 4.36 Å². The zero-order chi connectivity index (χ0) is 41.4. The van der Waals surface area contributed by atoms with Gasteiger partial charge in [-0.05, 0) is 75.0 Å². The second kappa shape index (κ2) is 18.1. The highest BCUT2D eigenvalue weighted by molar-refractivity contribution is 7.93. The van der Waals surface area contributed by atoms with Gasteiger partial charge in [-0.3, -0.25) is 4.31 Å². The quantitative estimate of drug-likeness (QED) is 0.0612. The number of rotatable bonds is 16. The molecule has 0 aliphatic carbocycles. The highest BCUT2D eigenvalue weighted by Crippen LogP contribution is 2.35. The van der Waals surface area contributed by atoms with Gasteiger partial charge in [0.25, 0.3) is 19.9 Å². The van der Waals surface area contributed by atoms with E-state index in [9.17, 15) is 36.0 Å². The Balaban J connectivity index is 1.73. The molecule has 1 heterocycles. The molecule has 56 heavy (non-hydrogen) atoms. The lowest BCUT2D eigenvalue weighted by Crippen LogP contribution is -2.33. The molecule has 4 aromatic rings. The molecule has 300 valence electrons. The molecule has 0 spiro atoms. The third-order valence-electron chi connectivity index (χ3n) is 7.44. The van der Waals surface area contributed by atoms with E-state index in [1.54, 1.807) is 20.8 Å². The molecule has 1 unspecified atom stereocenters. The topological polar surface area (TPSA) is 187 Å². The molecule has 0 N–H and O–H groups in total. The van der Waals surface area contributed by atoms with Crippen molar-refractivity contribution in [3.8, 4) is 17.0 Å². The van der Waals surface area contributed by atoms with E-state index in [1.165, 1.54) is 54.8 Å². The van der Waals surface area contributed by atoms with Crippen LogP contribution in [0.3, 0.4) is 0 Å². The summed E-state index contributed by atoms with van der Waals surface area (Å²) in [5.41, 5.74) is -1.61. The van der Waals surface area contributed by atoms with E-state index in [1.807, 2.05) is 0 Å². The van der Waals surface area contributed by atoms with Crippen LogP contribution in [-0.2, 0) is 39.9 Å². The summed E-state index contributed by atoms with van der Waals surface area (Å²) >= 11 is 5.86. The van der Waals surface area contributed by atoms with E-state index in [0.717, 1.165) is 36.9 Å². The number of carbonyl (C=O) groups excluding carboxylic acids is 1. The molecule has 21 heteroatoms. The van der Waals surface area contributed by atoms with Gasteiger partial charge >= 0.3 is 17.5 Å². The van der Waals surface area contributed by atoms with Crippen LogP contribution in [0.1, 0.15) is 39.2 Å². The Bertz CT molecular complexity index is 2370. The predicted octanol–water partition coefficient (Wildman–Crippen LogP) is 7.61. The van der Waals surface area contributed by atoms with Crippen LogP contribution in [-0.4, -0.2) is 77.8 Å². The number of hydrogen-bond acceptors (Lipinski definition) is 12. The molecule has 0 fully saturated rings. The van der Waals surface area contributed by atoms with E-state index in [-0.39, 0.29) is 80.8 Å². The van der Waals surface area contributed by atoms with Gasteiger partial charge in [-0.1, -0.05) is 12.1 Å². The molecule has 1 aromatic heterocycles. The van der Waals surface area contributed by atoms with Gasteiger partial charge in [0.15, 0.2) is 24.9 Å². The summed E-state index contributed by atoms with van der Waals surface area (Å²) in [6.07, 6.45) is 1.18. The smallest absolute Gasteiger partial charge is 0.442 e. The zero-order valence-electron chi connectivity index (χ0n) is 31.1. The average Bonchev–Trinajstić information content (AvgIpc) is 3.12. The summed E-state index contributed by atoms with van der Waals surface area (Å²) in [5, 5.41) is -0.248. The van der Waals surface area contributed by atoms with E-state index in [0.29, 0.717) is 0 Å². The Morgan fingerprint density at radius 1 is 0.964 bits per heavy atom. The molecule has 0 aliphatic rings. The van der Waals surface area contributed by atoms with Gasteiger partial charge < -0.3 is 9.47 Å². The van der Waals surface area contributed by atoms with E-state index in [2.05, 4.69) is 14.3 Å². The normalized spacial score (nSPS) is 12.6.